The lowest BCUT2D eigenvalue weighted by atomic mass is 9.84. The third-order valence-electron chi connectivity index (χ3n) is 6.51. The van der Waals surface area contributed by atoms with Gasteiger partial charge in [0.25, 0.3) is 5.91 Å². The van der Waals surface area contributed by atoms with Gasteiger partial charge in [-0.3, -0.25) is 19.3 Å². The van der Waals surface area contributed by atoms with Gasteiger partial charge >= 0.3 is 0 Å². The van der Waals surface area contributed by atoms with Crippen molar-refractivity contribution in [2.75, 3.05) is 5.32 Å². The first-order valence-corrected chi connectivity index (χ1v) is 12.4. The number of hydrogen-bond acceptors (Lipinski definition) is 4. The molecule has 2 amide bonds. The van der Waals surface area contributed by atoms with Gasteiger partial charge in [0.15, 0.2) is 0 Å². The number of aromatic nitrogens is 3. The molecule has 2 heterocycles. The Morgan fingerprint density at radius 1 is 0.821 bits per heavy atom. The highest BCUT2D eigenvalue weighted by Crippen LogP contribution is 2.30. The first kappa shape index (κ1) is 25.5. The average molecular weight is 520 g/mol. The first-order chi connectivity index (χ1) is 19.0. The smallest absolute Gasteiger partial charge is 0.270 e. The summed E-state index contributed by atoms with van der Waals surface area (Å²) in [5.74, 6) is -1.72. The molecule has 1 atom stereocenters. The van der Waals surface area contributed by atoms with Gasteiger partial charge in [-0.2, -0.15) is 5.10 Å². The zero-order valence-electron chi connectivity index (χ0n) is 21.2. The molecule has 1 unspecified atom stereocenters. The van der Waals surface area contributed by atoms with Gasteiger partial charge in [0, 0.05) is 36.6 Å². The minimum Gasteiger partial charge on any atom is -0.338 e. The second-order valence-corrected chi connectivity index (χ2v) is 9.01. The molecule has 194 valence electrons. The molecule has 0 radical (unpaired) electrons. The number of aryl methyl sites for hydroxylation is 1. The predicted octanol–water partition coefficient (Wildman–Crippen LogP) is 5.19. The van der Waals surface area contributed by atoms with Crippen molar-refractivity contribution in [2.24, 2.45) is 7.05 Å². The number of halogens is 1. The summed E-state index contributed by atoms with van der Waals surface area (Å²) in [6.45, 7) is 0. The monoisotopic (exact) mass is 519 g/mol. The number of benzene rings is 3. The molecule has 2 N–H and O–H groups in total. The lowest BCUT2D eigenvalue weighted by Crippen LogP contribution is -2.48. The van der Waals surface area contributed by atoms with E-state index < -0.39 is 29.6 Å². The SMILES string of the molecule is Cn1nccc1C(=O)NC(C(=O)Nc1ccc(-c2ccncc2F)cc1)C(c1ccccc1)c1ccccc1. The zero-order chi connectivity index (χ0) is 27.2. The van der Waals surface area contributed by atoms with E-state index in [1.807, 2.05) is 60.7 Å². The van der Waals surface area contributed by atoms with E-state index in [0.29, 0.717) is 22.5 Å². The van der Waals surface area contributed by atoms with Crippen LogP contribution in [0.3, 0.4) is 0 Å². The normalized spacial score (nSPS) is 11.7. The number of pyridine rings is 1. The molecule has 3 aromatic carbocycles. The quantitative estimate of drug-likeness (QED) is 0.295. The summed E-state index contributed by atoms with van der Waals surface area (Å²) in [4.78, 5) is 31.0. The topological polar surface area (TPSA) is 88.9 Å². The molecule has 5 aromatic rings. The fraction of sp³-hybridized carbons (Fsp3) is 0.0968. The minimum atomic E-state index is -0.963. The molecule has 2 aromatic heterocycles. The van der Waals surface area contributed by atoms with E-state index in [2.05, 4.69) is 20.7 Å². The average Bonchev–Trinajstić information content (AvgIpc) is 3.40. The Morgan fingerprint density at radius 3 is 2.03 bits per heavy atom. The molecule has 5 rings (SSSR count). The summed E-state index contributed by atoms with van der Waals surface area (Å²) in [5.41, 5.74) is 3.66. The van der Waals surface area contributed by atoms with Gasteiger partial charge in [0.1, 0.15) is 17.6 Å². The zero-order valence-corrected chi connectivity index (χ0v) is 21.2. The summed E-state index contributed by atoms with van der Waals surface area (Å²) in [7, 11) is 1.67. The molecule has 39 heavy (non-hydrogen) atoms. The van der Waals surface area contributed by atoms with Gasteiger partial charge in [-0.1, -0.05) is 72.8 Å². The van der Waals surface area contributed by atoms with Crippen LogP contribution in [0.4, 0.5) is 10.1 Å². The van der Waals surface area contributed by atoms with Crippen molar-refractivity contribution in [3.8, 4) is 11.1 Å². The van der Waals surface area contributed by atoms with Gasteiger partial charge in [-0.25, -0.2) is 4.39 Å². The third-order valence-corrected chi connectivity index (χ3v) is 6.51. The molecule has 0 aliphatic heterocycles. The molecule has 0 saturated carbocycles. The molecule has 0 aliphatic carbocycles. The number of carbonyl (C=O) groups is 2. The fourth-order valence-corrected chi connectivity index (χ4v) is 4.57. The maximum Gasteiger partial charge on any atom is 0.270 e. The summed E-state index contributed by atoms with van der Waals surface area (Å²) in [5, 5.41) is 9.97. The second-order valence-electron chi connectivity index (χ2n) is 9.01. The van der Waals surface area contributed by atoms with Crippen LogP contribution in [-0.4, -0.2) is 32.6 Å². The van der Waals surface area contributed by atoms with E-state index in [1.54, 1.807) is 43.4 Å². The van der Waals surface area contributed by atoms with Crippen LogP contribution in [0.5, 0.6) is 0 Å². The maximum absolute atomic E-state index is 14.2. The Kier molecular flexibility index (Phi) is 7.54. The van der Waals surface area contributed by atoms with E-state index in [9.17, 15) is 14.0 Å². The largest absolute Gasteiger partial charge is 0.338 e. The number of anilines is 1. The number of nitrogens with one attached hydrogen (secondary N) is 2. The second kappa shape index (κ2) is 11.5. The van der Waals surface area contributed by atoms with E-state index in [4.69, 9.17) is 0 Å². The molecule has 0 saturated heterocycles. The van der Waals surface area contributed by atoms with Crippen molar-refractivity contribution in [3.05, 3.63) is 138 Å². The van der Waals surface area contributed by atoms with E-state index in [1.165, 1.54) is 17.1 Å². The fourth-order valence-electron chi connectivity index (χ4n) is 4.57. The highest BCUT2D eigenvalue weighted by atomic mass is 19.1. The summed E-state index contributed by atoms with van der Waals surface area (Å²) in [6, 6.07) is 28.3. The van der Waals surface area contributed by atoms with Gasteiger partial charge in [0.05, 0.1) is 6.20 Å². The van der Waals surface area contributed by atoms with Crippen LogP contribution in [0.25, 0.3) is 11.1 Å². The highest BCUT2D eigenvalue weighted by molar-refractivity contribution is 6.01. The molecular formula is C31H26FN5O2. The minimum absolute atomic E-state index is 0.330. The van der Waals surface area contributed by atoms with Crippen LogP contribution in [0, 0.1) is 5.82 Å². The van der Waals surface area contributed by atoms with Crippen LogP contribution >= 0.6 is 0 Å². The van der Waals surface area contributed by atoms with Gasteiger partial charge < -0.3 is 10.6 Å². The molecule has 0 bridgehead atoms. The number of hydrogen-bond donors (Lipinski definition) is 2. The number of rotatable bonds is 8. The highest BCUT2D eigenvalue weighted by Gasteiger charge is 2.33. The van der Waals surface area contributed by atoms with Gasteiger partial charge in [-0.05, 0) is 41.0 Å². The first-order valence-electron chi connectivity index (χ1n) is 12.4. The van der Waals surface area contributed by atoms with E-state index >= 15 is 0 Å². The van der Waals surface area contributed by atoms with Crippen molar-refractivity contribution in [1.29, 1.82) is 0 Å². The van der Waals surface area contributed by atoms with Crippen LogP contribution in [0.1, 0.15) is 27.5 Å². The molecule has 7 nitrogen and oxygen atoms in total. The number of carbonyl (C=O) groups excluding carboxylic acids is 2. The Bertz CT molecular complexity index is 1530. The van der Waals surface area contributed by atoms with Crippen molar-refractivity contribution in [3.63, 3.8) is 0 Å². The van der Waals surface area contributed by atoms with Crippen molar-refractivity contribution in [2.45, 2.75) is 12.0 Å². The Balaban J connectivity index is 1.49. The number of nitrogens with zero attached hydrogens (tertiary/aromatic N) is 3. The lowest BCUT2D eigenvalue weighted by molar-refractivity contribution is -0.118. The Morgan fingerprint density at radius 2 is 1.46 bits per heavy atom. The molecule has 0 fully saturated rings. The van der Waals surface area contributed by atoms with Crippen LogP contribution in [-0.2, 0) is 11.8 Å². The number of amides is 2. The molecular weight excluding hydrogens is 493 g/mol. The van der Waals surface area contributed by atoms with Crippen LogP contribution in [0.15, 0.2) is 116 Å². The van der Waals surface area contributed by atoms with Crippen molar-refractivity contribution >= 4 is 17.5 Å². The Hall–Kier alpha value is -5.11. The standard InChI is InChI=1S/C31H26FN5O2/c1-37-27(17-19-34-37)30(38)36-29(28(22-8-4-2-5-9-22)23-10-6-3-7-11-23)31(39)35-24-14-12-21(13-15-24)25-16-18-33-20-26(25)32/h2-20,28-29H,1H3,(H,35,39)(H,36,38). The van der Waals surface area contributed by atoms with Gasteiger partial charge in [-0.15, -0.1) is 0 Å². The summed E-state index contributed by atoms with van der Waals surface area (Å²) >= 11 is 0. The van der Waals surface area contributed by atoms with E-state index in [-0.39, 0.29) is 0 Å². The summed E-state index contributed by atoms with van der Waals surface area (Å²) in [6.07, 6.45) is 4.22. The predicted molar refractivity (Wildman–Crippen MR) is 147 cm³/mol. The van der Waals surface area contributed by atoms with Crippen LogP contribution in [0.2, 0.25) is 0 Å². The molecule has 8 heteroatoms. The summed E-state index contributed by atoms with van der Waals surface area (Å²) < 4.78 is 15.7. The Labute approximate surface area is 225 Å². The molecule has 0 aliphatic rings. The lowest BCUT2D eigenvalue weighted by Gasteiger charge is -2.28. The maximum atomic E-state index is 14.2. The van der Waals surface area contributed by atoms with Crippen LogP contribution < -0.4 is 10.6 Å². The van der Waals surface area contributed by atoms with Gasteiger partial charge in [0.2, 0.25) is 5.91 Å². The van der Waals surface area contributed by atoms with E-state index in [0.717, 1.165) is 17.3 Å². The van der Waals surface area contributed by atoms with Crippen molar-refractivity contribution in [1.82, 2.24) is 20.1 Å². The molecule has 0 spiro atoms. The third kappa shape index (κ3) is 5.75. The van der Waals surface area contributed by atoms with Crippen molar-refractivity contribution < 1.29 is 14.0 Å².